The molecule has 0 saturated carbocycles. The normalized spacial score (nSPS) is 10.4. The van der Waals surface area contributed by atoms with Crippen molar-refractivity contribution in [2.24, 2.45) is 0 Å². The second kappa shape index (κ2) is 8.13. The SMILES string of the molecule is CCCCn1c(N)c(NCCC(=O)NCC)c(=O)[nH]c1=O. The molecule has 21 heavy (non-hydrogen) atoms. The summed E-state index contributed by atoms with van der Waals surface area (Å²) in [5.74, 6) is -0.00703. The van der Waals surface area contributed by atoms with Crippen LogP contribution in [0.1, 0.15) is 33.1 Å². The fraction of sp³-hybridized carbons (Fsp3) is 0.615. The van der Waals surface area contributed by atoms with Crippen LogP contribution in [0.15, 0.2) is 9.59 Å². The van der Waals surface area contributed by atoms with Crippen LogP contribution in [0.5, 0.6) is 0 Å². The lowest BCUT2D eigenvalue weighted by Crippen LogP contribution is -2.34. The van der Waals surface area contributed by atoms with Crippen molar-refractivity contribution in [3.8, 4) is 0 Å². The number of H-pyrrole nitrogens is 1. The summed E-state index contributed by atoms with van der Waals surface area (Å²) in [4.78, 5) is 37.1. The Morgan fingerprint density at radius 3 is 2.67 bits per heavy atom. The number of carbonyl (C=O) groups excluding carboxylic acids is 1. The van der Waals surface area contributed by atoms with Gasteiger partial charge in [-0.25, -0.2) is 4.79 Å². The number of aromatic amines is 1. The van der Waals surface area contributed by atoms with Crippen LogP contribution in [0.3, 0.4) is 0 Å². The third-order valence-corrected chi connectivity index (χ3v) is 3.00. The minimum Gasteiger partial charge on any atom is -0.383 e. The Labute approximate surface area is 122 Å². The number of nitrogen functional groups attached to an aromatic ring is 1. The lowest BCUT2D eigenvalue weighted by Gasteiger charge is -2.13. The molecule has 5 N–H and O–H groups in total. The van der Waals surface area contributed by atoms with Crippen LogP contribution in [0.4, 0.5) is 11.5 Å². The molecule has 0 radical (unpaired) electrons. The van der Waals surface area contributed by atoms with E-state index in [1.165, 1.54) is 4.57 Å². The number of aromatic nitrogens is 2. The van der Waals surface area contributed by atoms with Crippen molar-refractivity contribution in [2.45, 2.75) is 39.7 Å². The van der Waals surface area contributed by atoms with Crippen LogP contribution < -0.4 is 27.6 Å². The molecule has 0 aliphatic rings. The highest BCUT2D eigenvalue weighted by Gasteiger charge is 2.12. The predicted octanol–water partition coefficient (Wildman–Crippen LogP) is -0.143. The van der Waals surface area contributed by atoms with E-state index in [4.69, 9.17) is 5.73 Å². The molecule has 118 valence electrons. The van der Waals surface area contributed by atoms with Gasteiger partial charge in [-0.2, -0.15) is 0 Å². The third-order valence-electron chi connectivity index (χ3n) is 3.00. The number of hydrogen-bond acceptors (Lipinski definition) is 5. The first-order valence-electron chi connectivity index (χ1n) is 7.14. The Morgan fingerprint density at radius 1 is 1.33 bits per heavy atom. The molecule has 1 rings (SSSR count). The molecule has 8 nitrogen and oxygen atoms in total. The second-order valence-electron chi connectivity index (χ2n) is 4.65. The minimum absolute atomic E-state index is 0.105. The highest BCUT2D eigenvalue weighted by Crippen LogP contribution is 2.10. The second-order valence-corrected chi connectivity index (χ2v) is 4.65. The van der Waals surface area contributed by atoms with Gasteiger partial charge in [-0.15, -0.1) is 0 Å². The third kappa shape index (κ3) is 4.66. The van der Waals surface area contributed by atoms with E-state index in [2.05, 4.69) is 15.6 Å². The Balaban J connectivity index is 2.84. The van der Waals surface area contributed by atoms with E-state index in [1.54, 1.807) is 0 Å². The summed E-state index contributed by atoms with van der Waals surface area (Å²) in [7, 11) is 0. The zero-order valence-electron chi connectivity index (χ0n) is 12.5. The van der Waals surface area contributed by atoms with E-state index in [9.17, 15) is 14.4 Å². The van der Waals surface area contributed by atoms with E-state index < -0.39 is 11.2 Å². The average molecular weight is 297 g/mol. The number of nitrogens with two attached hydrogens (primary N) is 1. The monoisotopic (exact) mass is 297 g/mol. The number of amides is 1. The fourth-order valence-corrected chi connectivity index (χ4v) is 1.88. The first kappa shape index (κ1) is 16.8. The summed E-state index contributed by atoms with van der Waals surface area (Å²) < 4.78 is 1.33. The first-order valence-corrected chi connectivity index (χ1v) is 7.14. The van der Waals surface area contributed by atoms with Crippen molar-refractivity contribution in [3.63, 3.8) is 0 Å². The highest BCUT2D eigenvalue weighted by molar-refractivity contribution is 5.76. The van der Waals surface area contributed by atoms with Crippen molar-refractivity contribution in [3.05, 3.63) is 20.8 Å². The van der Waals surface area contributed by atoms with Gasteiger partial charge >= 0.3 is 5.69 Å². The topological polar surface area (TPSA) is 122 Å². The molecule has 0 bridgehead atoms. The summed E-state index contributed by atoms with van der Waals surface area (Å²) in [5, 5.41) is 5.48. The fourth-order valence-electron chi connectivity index (χ4n) is 1.88. The number of carbonyl (C=O) groups is 1. The van der Waals surface area contributed by atoms with E-state index in [1.807, 2.05) is 13.8 Å². The zero-order chi connectivity index (χ0) is 15.8. The van der Waals surface area contributed by atoms with Crippen LogP contribution in [0.2, 0.25) is 0 Å². The summed E-state index contributed by atoms with van der Waals surface area (Å²) >= 11 is 0. The Hall–Kier alpha value is -2.25. The molecule has 0 saturated heterocycles. The van der Waals surface area contributed by atoms with Gasteiger partial charge in [-0.05, 0) is 13.3 Å². The van der Waals surface area contributed by atoms with Gasteiger partial charge in [0.1, 0.15) is 11.5 Å². The number of unbranched alkanes of at least 4 members (excludes halogenated alkanes) is 1. The van der Waals surface area contributed by atoms with Crippen molar-refractivity contribution in [1.29, 1.82) is 0 Å². The quantitative estimate of drug-likeness (QED) is 0.532. The zero-order valence-corrected chi connectivity index (χ0v) is 12.5. The molecule has 0 fully saturated rings. The molecule has 8 heteroatoms. The van der Waals surface area contributed by atoms with Crippen molar-refractivity contribution in [2.75, 3.05) is 24.1 Å². The van der Waals surface area contributed by atoms with Gasteiger partial charge in [-0.3, -0.25) is 19.1 Å². The van der Waals surface area contributed by atoms with E-state index in [-0.39, 0.29) is 30.4 Å². The largest absolute Gasteiger partial charge is 0.383 e. The Bertz CT molecular complexity index is 590. The molecule has 0 unspecified atom stereocenters. The standard InChI is InChI=1S/C13H23N5O3/c1-3-5-8-18-11(14)10(12(20)17-13(18)21)16-7-6-9(19)15-4-2/h16H,3-8,14H2,1-2H3,(H,15,19)(H,17,20,21). The maximum absolute atomic E-state index is 11.8. The first-order chi connectivity index (χ1) is 10.0. The van der Waals surface area contributed by atoms with Gasteiger partial charge in [0.2, 0.25) is 5.91 Å². The molecule has 0 aliphatic heterocycles. The summed E-state index contributed by atoms with van der Waals surface area (Å²) in [6, 6.07) is 0. The minimum atomic E-state index is -0.568. The van der Waals surface area contributed by atoms with Crippen LogP contribution in [-0.4, -0.2) is 28.5 Å². The highest BCUT2D eigenvalue weighted by atomic mass is 16.2. The summed E-state index contributed by atoms with van der Waals surface area (Å²) in [5.41, 5.74) is 4.93. The molecular formula is C13H23N5O3. The molecular weight excluding hydrogens is 274 g/mol. The van der Waals surface area contributed by atoms with E-state index in [0.717, 1.165) is 12.8 Å². The van der Waals surface area contributed by atoms with Crippen molar-refractivity contribution < 1.29 is 4.79 Å². The number of rotatable bonds is 8. The van der Waals surface area contributed by atoms with Gasteiger partial charge in [0.05, 0.1) is 0 Å². The summed E-state index contributed by atoms with van der Waals surface area (Å²) in [6.07, 6.45) is 1.92. The van der Waals surface area contributed by atoms with Crippen molar-refractivity contribution in [1.82, 2.24) is 14.9 Å². The summed E-state index contributed by atoms with van der Waals surface area (Å²) in [6.45, 7) is 5.10. The van der Waals surface area contributed by atoms with Crippen LogP contribution in [0.25, 0.3) is 0 Å². The van der Waals surface area contributed by atoms with Crippen LogP contribution in [0, 0.1) is 0 Å². The lowest BCUT2D eigenvalue weighted by atomic mass is 10.3. The molecule has 1 aromatic rings. The molecule has 0 aliphatic carbocycles. The van der Waals surface area contributed by atoms with Gasteiger partial charge < -0.3 is 16.4 Å². The van der Waals surface area contributed by atoms with Crippen molar-refractivity contribution >= 4 is 17.4 Å². The molecule has 1 heterocycles. The van der Waals surface area contributed by atoms with Gasteiger partial charge in [0, 0.05) is 26.1 Å². The molecule has 0 atom stereocenters. The van der Waals surface area contributed by atoms with Crippen LogP contribution in [-0.2, 0) is 11.3 Å². The smallest absolute Gasteiger partial charge is 0.330 e. The Morgan fingerprint density at radius 2 is 2.05 bits per heavy atom. The lowest BCUT2D eigenvalue weighted by molar-refractivity contribution is -0.120. The molecule has 0 spiro atoms. The molecule has 1 amide bonds. The average Bonchev–Trinajstić information content (AvgIpc) is 2.42. The van der Waals surface area contributed by atoms with Gasteiger partial charge in [0.15, 0.2) is 0 Å². The number of nitrogens with one attached hydrogen (secondary N) is 3. The predicted molar refractivity (Wildman–Crippen MR) is 82.4 cm³/mol. The maximum atomic E-state index is 11.8. The van der Waals surface area contributed by atoms with E-state index >= 15 is 0 Å². The van der Waals surface area contributed by atoms with Gasteiger partial charge in [0.25, 0.3) is 5.56 Å². The van der Waals surface area contributed by atoms with Crippen LogP contribution >= 0.6 is 0 Å². The van der Waals surface area contributed by atoms with E-state index in [0.29, 0.717) is 13.1 Å². The number of anilines is 2. The van der Waals surface area contributed by atoms with Gasteiger partial charge in [-0.1, -0.05) is 13.3 Å². The number of hydrogen-bond donors (Lipinski definition) is 4. The molecule has 1 aromatic heterocycles. The molecule has 0 aromatic carbocycles. The Kier molecular flexibility index (Phi) is 6.51. The number of nitrogens with zero attached hydrogens (tertiary/aromatic N) is 1. The maximum Gasteiger partial charge on any atom is 0.330 e.